The number of carbonyl (C=O) groups is 1. The summed E-state index contributed by atoms with van der Waals surface area (Å²) in [5, 5.41) is 9.62. The molecule has 1 aromatic carbocycles. The Labute approximate surface area is 158 Å². The fourth-order valence-corrected chi connectivity index (χ4v) is 3.16. The van der Waals surface area contributed by atoms with Crippen molar-refractivity contribution in [2.24, 2.45) is 0 Å². The first-order chi connectivity index (χ1) is 11.5. The van der Waals surface area contributed by atoms with Crippen LogP contribution in [0, 0.1) is 11.3 Å². The van der Waals surface area contributed by atoms with Crippen LogP contribution in [0.3, 0.4) is 0 Å². The van der Waals surface area contributed by atoms with Crippen LogP contribution in [0.2, 0.25) is 5.02 Å². The molecule has 1 aliphatic heterocycles. The van der Waals surface area contributed by atoms with Gasteiger partial charge in [-0.25, -0.2) is 0 Å². The van der Waals surface area contributed by atoms with Gasteiger partial charge in [0.2, 0.25) is 0 Å². The predicted molar refractivity (Wildman–Crippen MR) is 103 cm³/mol. The maximum absolute atomic E-state index is 11.4. The number of benzene rings is 1. The third-order valence-corrected chi connectivity index (χ3v) is 5.50. The third-order valence-electron chi connectivity index (χ3n) is 4.40. The molecule has 4 nitrogen and oxygen atoms in total. The lowest BCUT2D eigenvalue weighted by Gasteiger charge is -2.32. The van der Waals surface area contributed by atoms with Gasteiger partial charge >= 0.3 is 7.12 Å². The zero-order valence-electron chi connectivity index (χ0n) is 15.1. The Hall–Kier alpha value is -1.26. The van der Waals surface area contributed by atoms with Gasteiger partial charge in [0.05, 0.1) is 22.8 Å². The van der Waals surface area contributed by atoms with Crippen molar-refractivity contribution in [3.63, 3.8) is 0 Å². The number of halogens is 1. The summed E-state index contributed by atoms with van der Waals surface area (Å²) >= 11 is 7.28. The third kappa shape index (κ3) is 4.89. The van der Waals surface area contributed by atoms with E-state index in [2.05, 4.69) is 6.07 Å². The largest absolute Gasteiger partial charge is 0.491 e. The maximum atomic E-state index is 11.4. The lowest BCUT2D eigenvalue weighted by atomic mass is 9.78. The van der Waals surface area contributed by atoms with E-state index in [-0.39, 0.29) is 5.12 Å². The fraction of sp³-hybridized carbons (Fsp3) is 0.444. The van der Waals surface area contributed by atoms with Gasteiger partial charge in [0.15, 0.2) is 5.12 Å². The van der Waals surface area contributed by atoms with E-state index >= 15 is 0 Å². The maximum Gasteiger partial charge on any atom is 0.491 e. The van der Waals surface area contributed by atoms with Gasteiger partial charge in [0.25, 0.3) is 0 Å². The molecule has 0 amide bonds. The van der Waals surface area contributed by atoms with Crippen molar-refractivity contribution in [3.05, 3.63) is 39.8 Å². The molecule has 25 heavy (non-hydrogen) atoms. The number of carbonyl (C=O) groups excluding carboxylic acids is 1. The molecule has 1 heterocycles. The quantitative estimate of drug-likeness (QED) is 0.723. The molecular weight excluding hydrogens is 357 g/mol. The summed E-state index contributed by atoms with van der Waals surface area (Å²) in [4.78, 5) is 11.4. The molecule has 0 aromatic heterocycles. The smallest absolute Gasteiger partial charge is 0.400 e. The molecule has 0 N–H and O–H groups in total. The Kier molecular flexibility index (Phi) is 6.06. The van der Waals surface area contributed by atoms with Crippen molar-refractivity contribution >= 4 is 41.7 Å². The molecule has 0 aliphatic carbocycles. The molecule has 1 fully saturated rings. The van der Waals surface area contributed by atoms with Gasteiger partial charge in [-0.15, -0.1) is 0 Å². The second-order valence-corrected chi connectivity index (χ2v) is 8.56. The molecule has 0 spiro atoms. The fourth-order valence-electron chi connectivity index (χ4n) is 2.33. The van der Waals surface area contributed by atoms with E-state index in [1.807, 2.05) is 33.8 Å². The van der Waals surface area contributed by atoms with Crippen molar-refractivity contribution < 1.29 is 14.1 Å². The number of hydrogen-bond donors (Lipinski definition) is 0. The van der Waals surface area contributed by atoms with Crippen LogP contribution in [-0.4, -0.2) is 29.2 Å². The summed E-state index contributed by atoms with van der Waals surface area (Å²) < 4.78 is 12.2. The Morgan fingerprint density at radius 1 is 1.28 bits per heavy atom. The highest BCUT2D eigenvalue weighted by atomic mass is 35.5. The van der Waals surface area contributed by atoms with E-state index in [0.717, 1.165) is 11.0 Å². The minimum atomic E-state index is -0.554. The first-order valence-corrected chi connectivity index (χ1v) is 9.30. The Balaban J connectivity index is 2.39. The Morgan fingerprint density at radius 2 is 1.88 bits per heavy atom. The zero-order chi connectivity index (χ0) is 18.8. The van der Waals surface area contributed by atoms with Crippen molar-refractivity contribution in [3.8, 4) is 6.07 Å². The molecule has 0 saturated carbocycles. The van der Waals surface area contributed by atoms with Crippen molar-refractivity contribution in [1.29, 1.82) is 5.26 Å². The first-order valence-electron chi connectivity index (χ1n) is 7.94. The lowest BCUT2D eigenvalue weighted by molar-refractivity contribution is -0.109. The van der Waals surface area contributed by atoms with E-state index < -0.39 is 18.3 Å². The summed E-state index contributed by atoms with van der Waals surface area (Å²) in [6.45, 7) is 9.46. The average Bonchev–Trinajstić information content (AvgIpc) is 2.70. The molecule has 7 heteroatoms. The number of hydrogen-bond acceptors (Lipinski definition) is 5. The molecular formula is C18H21BClNO3S. The van der Waals surface area contributed by atoms with Crippen LogP contribution in [0.4, 0.5) is 0 Å². The van der Waals surface area contributed by atoms with Crippen LogP contribution in [-0.2, 0) is 14.1 Å². The highest BCUT2D eigenvalue weighted by Crippen LogP contribution is 2.39. The highest BCUT2D eigenvalue weighted by molar-refractivity contribution is 8.13. The van der Waals surface area contributed by atoms with Crippen molar-refractivity contribution in [2.75, 3.05) is 5.75 Å². The molecule has 0 radical (unpaired) electrons. The summed E-state index contributed by atoms with van der Waals surface area (Å²) in [5.74, 6) is 0.445. The molecule has 0 bridgehead atoms. The highest BCUT2D eigenvalue weighted by Gasteiger charge is 2.52. The van der Waals surface area contributed by atoms with Crippen molar-refractivity contribution in [1.82, 2.24) is 0 Å². The molecule has 1 aliphatic rings. The van der Waals surface area contributed by atoms with Gasteiger partial charge in [-0.3, -0.25) is 4.79 Å². The number of nitrogens with zero attached hydrogens (tertiary/aromatic N) is 1. The van der Waals surface area contributed by atoms with Crippen LogP contribution >= 0.6 is 23.4 Å². The second-order valence-electron chi connectivity index (χ2n) is 6.97. The molecule has 0 unspecified atom stereocenters. The second kappa shape index (κ2) is 7.55. The zero-order valence-corrected chi connectivity index (χ0v) is 16.6. The number of rotatable bonds is 4. The Morgan fingerprint density at radius 3 is 2.40 bits per heavy atom. The number of nitriles is 1. The van der Waals surface area contributed by atoms with E-state index in [4.69, 9.17) is 26.2 Å². The minimum absolute atomic E-state index is 0.0197. The van der Waals surface area contributed by atoms with Crippen LogP contribution in [0.5, 0.6) is 0 Å². The standard InChI is InChI=1S/C18H21BClNO3S/c1-12(22)25-11-15(19-23-17(2,3)18(4,5)24-19)7-13-6-14(10-21)9-16(20)8-13/h6-9H,11H2,1-5H3. The minimum Gasteiger partial charge on any atom is -0.400 e. The first kappa shape index (κ1) is 20.1. The van der Waals surface area contributed by atoms with Crippen molar-refractivity contribution in [2.45, 2.75) is 45.8 Å². The molecule has 1 saturated heterocycles. The van der Waals surface area contributed by atoms with Gasteiger partial charge in [0.1, 0.15) is 0 Å². The van der Waals surface area contributed by atoms with Crippen LogP contribution < -0.4 is 0 Å². The van der Waals surface area contributed by atoms with E-state index in [1.54, 1.807) is 18.2 Å². The topological polar surface area (TPSA) is 59.3 Å². The predicted octanol–water partition coefficient (Wildman–Crippen LogP) is 4.51. The summed E-state index contributed by atoms with van der Waals surface area (Å²) in [6.07, 6.45) is 1.88. The van der Waals surface area contributed by atoms with Crippen LogP contribution in [0.1, 0.15) is 45.7 Å². The molecule has 1 aromatic rings. The molecule has 0 atom stereocenters. The van der Waals surface area contributed by atoms with E-state index in [0.29, 0.717) is 16.3 Å². The summed E-state index contributed by atoms with van der Waals surface area (Å²) in [5.41, 5.74) is 1.14. The normalized spacial score (nSPS) is 18.9. The van der Waals surface area contributed by atoms with Gasteiger partial charge in [-0.2, -0.15) is 5.26 Å². The monoisotopic (exact) mass is 377 g/mol. The van der Waals surface area contributed by atoms with Crippen LogP contribution in [0.15, 0.2) is 23.7 Å². The number of thioether (sulfide) groups is 1. The van der Waals surface area contributed by atoms with E-state index in [9.17, 15) is 4.79 Å². The molecule has 2 rings (SSSR count). The summed E-state index contributed by atoms with van der Waals surface area (Å²) in [7, 11) is -0.554. The SMILES string of the molecule is CC(=O)SCC(=Cc1cc(Cl)cc(C#N)c1)B1OC(C)(C)C(C)(C)O1. The van der Waals surface area contributed by atoms with Gasteiger partial charge in [0, 0.05) is 17.7 Å². The lowest BCUT2D eigenvalue weighted by Crippen LogP contribution is -2.41. The van der Waals surface area contributed by atoms with Crippen LogP contribution in [0.25, 0.3) is 6.08 Å². The molecule has 132 valence electrons. The van der Waals surface area contributed by atoms with Gasteiger partial charge < -0.3 is 9.31 Å². The Bertz CT molecular complexity index is 739. The van der Waals surface area contributed by atoms with E-state index in [1.165, 1.54) is 18.7 Å². The van der Waals surface area contributed by atoms with Gasteiger partial charge in [-0.05, 0) is 56.9 Å². The summed E-state index contributed by atoms with van der Waals surface area (Å²) in [6, 6.07) is 7.22. The average molecular weight is 378 g/mol. The van der Waals surface area contributed by atoms with Gasteiger partial charge in [-0.1, -0.05) is 29.4 Å².